The van der Waals surface area contributed by atoms with Crippen LogP contribution in [0.4, 0.5) is 17.6 Å². The van der Waals surface area contributed by atoms with Crippen molar-refractivity contribution in [3.05, 3.63) is 35.4 Å². The summed E-state index contributed by atoms with van der Waals surface area (Å²) in [6.07, 6.45) is -2.79. The zero-order chi connectivity index (χ0) is 10.0. The standard InChI is InChI=1S/C8H7F4N.ClH/c9-5-2-1-4(3-6(5)10)7(13)8(11)12;/h1-3,7-8H,13H2;1H/t7-;/m0./s1. The van der Waals surface area contributed by atoms with Crippen molar-refractivity contribution in [3.8, 4) is 0 Å². The van der Waals surface area contributed by atoms with Crippen LogP contribution in [-0.2, 0) is 0 Å². The highest BCUT2D eigenvalue weighted by molar-refractivity contribution is 5.85. The van der Waals surface area contributed by atoms with E-state index < -0.39 is 24.1 Å². The van der Waals surface area contributed by atoms with E-state index in [4.69, 9.17) is 5.73 Å². The van der Waals surface area contributed by atoms with Gasteiger partial charge >= 0.3 is 0 Å². The zero-order valence-corrected chi connectivity index (χ0v) is 7.70. The number of benzene rings is 1. The highest BCUT2D eigenvalue weighted by Crippen LogP contribution is 2.19. The van der Waals surface area contributed by atoms with Gasteiger partial charge in [-0.3, -0.25) is 0 Å². The first-order valence-electron chi connectivity index (χ1n) is 3.51. The van der Waals surface area contributed by atoms with Crippen LogP contribution in [0, 0.1) is 11.6 Å². The second-order valence-corrected chi connectivity index (χ2v) is 2.53. The van der Waals surface area contributed by atoms with Crippen molar-refractivity contribution < 1.29 is 17.6 Å². The van der Waals surface area contributed by atoms with Gasteiger partial charge in [-0.15, -0.1) is 12.4 Å². The van der Waals surface area contributed by atoms with E-state index in [1.54, 1.807) is 0 Å². The molecule has 0 fully saturated rings. The summed E-state index contributed by atoms with van der Waals surface area (Å²) in [7, 11) is 0. The molecule has 0 aromatic heterocycles. The predicted octanol–water partition coefficient (Wildman–Crippen LogP) is 2.65. The zero-order valence-electron chi connectivity index (χ0n) is 6.88. The molecule has 1 aromatic carbocycles. The first-order valence-corrected chi connectivity index (χ1v) is 3.51. The predicted molar refractivity (Wildman–Crippen MR) is 46.5 cm³/mol. The number of halogens is 5. The van der Waals surface area contributed by atoms with Gasteiger partial charge in [-0.25, -0.2) is 17.6 Å². The minimum Gasteiger partial charge on any atom is -0.319 e. The number of alkyl halides is 2. The molecule has 0 aliphatic carbocycles. The summed E-state index contributed by atoms with van der Waals surface area (Å²) in [5, 5.41) is 0. The fourth-order valence-corrected chi connectivity index (χ4v) is 0.865. The second kappa shape index (κ2) is 5.17. The lowest BCUT2D eigenvalue weighted by Crippen LogP contribution is -2.19. The molecule has 1 atom stereocenters. The van der Waals surface area contributed by atoms with E-state index in [0.717, 1.165) is 12.1 Å². The van der Waals surface area contributed by atoms with Crippen LogP contribution in [0.1, 0.15) is 11.6 Å². The summed E-state index contributed by atoms with van der Waals surface area (Å²) in [6, 6.07) is 0.906. The minimum absolute atomic E-state index is 0. The van der Waals surface area contributed by atoms with Crippen LogP contribution in [0.3, 0.4) is 0 Å². The molecule has 14 heavy (non-hydrogen) atoms. The van der Waals surface area contributed by atoms with Gasteiger partial charge in [-0.05, 0) is 17.7 Å². The average molecular weight is 230 g/mol. The van der Waals surface area contributed by atoms with Crippen molar-refractivity contribution in [1.29, 1.82) is 0 Å². The van der Waals surface area contributed by atoms with Gasteiger partial charge < -0.3 is 5.73 Å². The summed E-state index contributed by atoms with van der Waals surface area (Å²) in [5.74, 6) is -2.25. The fraction of sp³-hybridized carbons (Fsp3) is 0.250. The molecule has 0 aliphatic heterocycles. The molecule has 0 radical (unpaired) electrons. The fourth-order valence-electron chi connectivity index (χ4n) is 0.865. The Hall–Kier alpha value is -0.810. The van der Waals surface area contributed by atoms with Crippen LogP contribution in [0.2, 0.25) is 0 Å². The van der Waals surface area contributed by atoms with E-state index in [2.05, 4.69) is 0 Å². The Balaban J connectivity index is 0.00000169. The Morgan fingerprint density at radius 2 is 1.64 bits per heavy atom. The molecule has 0 heterocycles. The molecular weight excluding hydrogens is 222 g/mol. The van der Waals surface area contributed by atoms with Crippen molar-refractivity contribution in [2.24, 2.45) is 5.73 Å². The highest BCUT2D eigenvalue weighted by Gasteiger charge is 2.18. The normalized spacial score (nSPS) is 12.4. The lowest BCUT2D eigenvalue weighted by Gasteiger charge is -2.10. The van der Waals surface area contributed by atoms with Gasteiger partial charge in [0.2, 0.25) is 0 Å². The molecule has 0 amide bonds. The molecule has 2 N–H and O–H groups in total. The first kappa shape index (κ1) is 13.2. The van der Waals surface area contributed by atoms with Crippen molar-refractivity contribution in [3.63, 3.8) is 0 Å². The molecule has 0 spiro atoms. The van der Waals surface area contributed by atoms with E-state index >= 15 is 0 Å². The van der Waals surface area contributed by atoms with Crippen LogP contribution >= 0.6 is 12.4 Å². The Morgan fingerprint density at radius 1 is 1.07 bits per heavy atom. The largest absolute Gasteiger partial charge is 0.319 e. The highest BCUT2D eigenvalue weighted by atomic mass is 35.5. The SMILES string of the molecule is Cl.N[C@@H](c1ccc(F)c(F)c1)C(F)F. The van der Waals surface area contributed by atoms with Gasteiger partial charge in [-0.2, -0.15) is 0 Å². The van der Waals surface area contributed by atoms with Gasteiger partial charge in [-0.1, -0.05) is 6.07 Å². The monoisotopic (exact) mass is 229 g/mol. The van der Waals surface area contributed by atoms with E-state index in [0.29, 0.717) is 6.07 Å². The summed E-state index contributed by atoms with van der Waals surface area (Å²) in [6.45, 7) is 0. The maximum atomic E-state index is 12.5. The second-order valence-electron chi connectivity index (χ2n) is 2.53. The molecule has 0 saturated heterocycles. The quantitative estimate of drug-likeness (QED) is 0.776. The molecule has 1 rings (SSSR count). The minimum atomic E-state index is -2.79. The molecule has 80 valence electrons. The number of hydrogen-bond acceptors (Lipinski definition) is 1. The molecular formula is C8H8ClF4N. The van der Waals surface area contributed by atoms with Crippen LogP contribution in [0.15, 0.2) is 18.2 Å². The number of nitrogens with two attached hydrogens (primary N) is 1. The summed E-state index contributed by atoms with van der Waals surface area (Å²) in [5.41, 5.74) is 4.90. The van der Waals surface area contributed by atoms with Gasteiger partial charge in [0, 0.05) is 0 Å². The summed E-state index contributed by atoms with van der Waals surface area (Å²) < 4.78 is 48.9. The Kier molecular flexibility index (Phi) is 4.87. The van der Waals surface area contributed by atoms with Gasteiger partial charge in [0.15, 0.2) is 11.6 Å². The van der Waals surface area contributed by atoms with E-state index in [1.165, 1.54) is 0 Å². The van der Waals surface area contributed by atoms with Crippen molar-refractivity contribution in [2.75, 3.05) is 0 Å². The molecule has 0 unspecified atom stereocenters. The molecule has 0 saturated carbocycles. The molecule has 1 nitrogen and oxygen atoms in total. The summed E-state index contributed by atoms with van der Waals surface area (Å²) >= 11 is 0. The van der Waals surface area contributed by atoms with E-state index in [-0.39, 0.29) is 18.0 Å². The molecule has 1 aromatic rings. The maximum absolute atomic E-state index is 12.5. The van der Waals surface area contributed by atoms with Crippen LogP contribution < -0.4 is 5.73 Å². The topological polar surface area (TPSA) is 26.0 Å². The Morgan fingerprint density at radius 3 is 2.07 bits per heavy atom. The smallest absolute Gasteiger partial charge is 0.257 e. The van der Waals surface area contributed by atoms with Crippen molar-refractivity contribution in [2.45, 2.75) is 12.5 Å². The lowest BCUT2D eigenvalue weighted by atomic mass is 10.1. The molecule has 0 aliphatic rings. The summed E-state index contributed by atoms with van der Waals surface area (Å²) in [4.78, 5) is 0. The number of rotatable bonds is 2. The van der Waals surface area contributed by atoms with Crippen LogP contribution in [0.5, 0.6) is 0 Å². The van der Waals surface area contributed by atoms with Gasteiger partial charge in [0.1, 0.15) is 0 Å². The van der Waals surface area contributed by atoms with Gasteiger partial charge in [0.25, 0.3) is 6.43 Å². The van der Waals surface area contributed by atoms with Crippen molar-refractivity contribution in [1.82, 2.24) is 0 Å². The van der Waals surface area contributed by atoms with Crippen LogP contribution in [-0.4, -0.2) is 6.43 Å². The lowest BCUT2D eigenvalue weighted by molar-refractivity contribution is 0.116. The third-order valence-corrected chi connectivity index (χ3v) is 1.60. The Bertz CT molecular complexity index is 305. The maximum Gasteiger partial charge on any atom is 0.257 e. The van der Waals surface area contributed by atoms with E-state index in [9.17, 15) is 17.6 Å². The van der Waals surface area contributed by atoms with Crippen LogP contribution in [0.25, 0.3) is 0 Å². The van der Waals surface area contributed by atoms with Crippen molar-refractivity contribution >= 4 is 12.4 Å². The first-order chi connectivity index (χ1) is 6.02. The van der Waals surface area contributed by atoms with E-state index in [1.807, 2.05) is 0 Å². The van der Waals surface area contributed by atoms with Gasteiger partial charge in [0.05, 0.1) is 6.04 Å². The average Bonchev–Trinajstić information content (AvgIpc) is 2.08. The molecule has 0 bridgehead atoms. The Labute approximate surface area is 84.3 Å². The third kappa shape index (κ3) is 2.85. The number of hydrogen-bond donors (Lipinski definition) is 1. The molecule has 6 heteroatoms. The third-order valence-electron chi connectivity index (χ3n) is 1.60.